The number of carbonyl (C=O) groups excluding carboxylic acids is 1. The highest BCUT2D eigenvalue weighted by atomic mass is 16.5. The zero-order chi connectivity index (χ0) is 17.6. The number of methoxy groups -OCH3 is 2. The van der Waals surface area contributed by atoms with Gasteiger partial charge in [0, 0.05) is 17.5 Å². The van der Waals surface area contributed by atoms with Gasteiger partial charge >= 0.3 is 0 Å². The van der Waals surface area contributed by atoms with Gasteiger partial charge in [0.2, 0.25) is 0 Å². The van der Waals surface area contributed by atoms with Gasteiger partial charge < -0.3 is 19.8 Å². The molecule has 2 aliphatic rings. The van der Waals surface area contributed by atoms with Gasteiger partial charge in [-0.15, -0.1) is 0 Å². The van der Waals surface area contributed by atoms with Crippen molar-refractivity contribution in [3.05, 3.63) is 23.9 Å². The third-order valence-electron chi connectivity index (χ3n) is 6.24. The molecule has 2 aliphatic carbocycles. The van der Waals surface area contributed by atoms with Crippen molar-refractivity contribution >= 4 is 16.8 Å². The molecule has 1 heterocycles. The fourth-order valence-corrected chi connectivity index (χ4v) is 4.48. The lowest BCUT2D eigenvalue weighted by atomic mass is 9.50. The quantitative estimate of drug-likeness (QED) is 0.866. The van der Waals surface area contributed by atoms with Crippen LogP contribution < -0.4 is 14.8 Å². The van der Waals surface area contributed by atoms with Gasteiger partial charge in [-0.05, 0) is 56.1 Å². The van der Waals surface area contributed by atoms with E-state index in [1.54, 1.807) is 14.2 Å². The first kappa shape index (κ1) is 16.3. The van der Waals surface area contributed by atoms with E-state index in [2.05, 4.69) is 17.2 Å². The molecule has 2 N–H and O–H groups in total. The summed E-state index contributed by atoms with van der Waals surface area (Å²) in [6.07, 6.45) is 6.69. The lowest BCUT2D eigenvalue weighted by Gasteiger charge is -2.56. The molecule has 0 radical (unpaired) electrons. The van der Waals surface area contributed by atoms with Crippen LogP contribution in [0.5, 0.6) is 11.5 Å². The Hall–Kier alpha value is -2.17. The van der Waals surface area contributed by atoms with Crippen molar-refractivity contribution in [2.45, 2.75) is 45.1 Å². The second-order valence-electron chi connectivity index (χ2n) is 7.76. The van der Waals surface area contributed by atoms with E-state index in [4.69, 9.17) is 9.47 Å². The summed E-state index contributed by atoms with van der Waals surface area (Å²) >= 11 is 0. The van der Waals surface area contributed by atoms with Crippen molar-refractivity contribution in [2.24, 2.45) is 11.3 Å². The molecule has 1 amide bonds. The molecule has 2 aromatic rings. The standard InChI is InChI=1S/C20H26N2O3/c1-12(14-10-20(11-14)5-4-6-20)21-19(23)16-8-13-7-15(24-2)9-17(25-3)18(13)22-16/h7-9,12,14,22H,4-6,10-11H2,1-3H3,(H,21,23). The third-order valence-corrected chi connectivity index (χ3v) is 6.24. The first-order chi connectivity index (χ1) is 12.0. The number of aromatic amines is 1. The number of fused-ring (bicyclic) bond motifs is 1. The predicted octanol–water partition coefficient (Wildman–Crippen LogP) is 3.88. The molecule has 1 spiro atoms. The topological polar surface area (TPSA) is 63.4 Å². The first-order valence-electron chi connectivity index (χ1n) is 9.09. The largest absolute Gasteiger partial charge is 0.497 e. The molecule has 134 valence electrons. The Balaban J connectivity index is 1.48. The average molecular weight is 342 g/mol. The number of carbonyl (C=O) groups is 1. The van der Waals surface area contributed by atoms with E-state index in [1.807, 2.05) is 18.2 Å². The van der Waals surface area contributed by atoms with Gasteiger partial charge in [0.25, 0.3) is 5.91 Å². The maximum Gasteiger partial charge on any atom is 0.267 e. The molecule has 0 bridgehead atoms. The second kappa shape index (κ2) is 5.97. The van der Waals surface area contributed by atoms with Gasteiger partial charge in [-0.1, -0.05) is 6.42 Å². The smallest absolute Gasteiger partial charge is 0.267 e. The van der Waals surface area contributed by atoms with Crippen LogP contribution in [0.15, 0.2) is 18.2 Å². The zero-order valence-electron chi connectivity index (χ0n) is 15.1. The number of hydrogen-bond acceptors (Lipinski definition) is 3. The molecule has 1 atom stereocenters. The van der Waals surface area contributed by atoms with E-state index in [1.165, 1.54) is 32.1 Å². The molecular weight excluding hydrogens is 316 g/mol. The number of H-pyrrole nitrogens is 1. The molecule has 25 heavy (non-hydrogen) atoms. The van der Waals surface area contributed by atoms with Crippen molar-refractivity contribution in [3.63, 3.8) is 0 Å². The summed E-state index contributed by atoms with van der Waals surface area (Å²) in [5, 5.41) is 4.08. The number of ether oxygens (including phenoxy) is 2. The van der Waals surface area contributed by atoms with Crippen LogP contribution in [-0.2, 0) is 0 Å². The van der Waals surface area contributed by atoms with Crippen LogP contribution in [0.2, 0.25) is 0 Å². The number of benzene rings is 1. The molecule has 0 aliphatic heterocycles. The van der Waals surface area contributed by atoms with Crippen LogP contribution >= 0.6 is 0 Å². The summed E-state index contributed by atoms with van der Waals surface area (Å²) in [6.45, 7) is 2.13. The molecule has 2 fully saturated rings. The summed E-state index contributed by atoms with van der Waals surface area (Å²) in [5.74, 6) is 1.94. The number of nitrogens with one attached hydrogen (secondary N) is 2. The Morgan fingerprint density at radius 3 is 2.60 bits per heavy atom. The highest BCUT2D eigenvalue weighted by Gasteiger charge is 2.49. The van der Waals surface area contributed by atoms with Crippen LogP contribution in [0.1, 0.15) is 49.5 Å². The minimum Gasteiger partial charge on any atom is -0.497 e. The van der Waals surface area contributed by atoms with Gasteiger partial charge in [-0.25, -0.2) is 0 Å². The summed E-state index contributed by atoms with van der Waals surface area (Å²) < 4.78 is 10.7. The monoisotopic (exact) mass is 342 g/mol. The molecule has 4 rings (SSSR count). The van der Waals surface area contributed by atoms with E-state index in [9.17, 15) is 4.79 Å². The van der Waals surface area contributed by atoms with E-state index >= 15 is 0 Å². The number of aromatic nitrogens is 1. The van der Waals surface area contributed by atoms with Gasteiger partial charge in [0.1, 0.15) is 17.2 Å². The van der Waals surface area contributed by atoms with Gasteiger partial charge in [-0.2, -0.15) is 0 Å². The Morgan fingerprint density at radius 1 is 1.24 bits per heavy atom. The summed E-state index contributed by atoms with van der Waals surface area (Å²) in [4.78, 5) is 15.8. The van der Waals surface area contributed by atoms with Crippen LogP contribution in [-0.4, -0.2) is 31.2 Å². The minimum atomic E-state index is -0.0562. The van der Waals surface area contributed by atoms with Gasteiger partial charge in [-0.3, -0.25) is 4.79 Å². The van der Waals surface area contributed by atoms with Crippen LogP contribution in [0.4, 0.5) is 0 Å². The Morgan fingerprint density at radius 2 is 2.00 bits per heavy atom. The van der Waals surface area contributed by atoms with Gasteiger partial charge in [0.15, 0.2) is 0 Å². The molecule has 1 unspecified atom stereocenters. The first-order valence-corrected chi connectivity index (χ1v) is 9.09. The Kier molecular flexibility index (Phi) is 3.89. The number of rotatable bonds is 5. The SMILES string of the molecule is COc1cc(OC)c2[nH]c(C(=O)NC(C)C3CC4(CCC4)C3)cc2c1. The normalized spacial score (nSPS) is 20.0. The van der Waals surface area contributed by atoms with E-state index in [0.717, 1.165) is 10.9 Å². The Labute approximate surface area is 148 Å². The molecule has 1 aromatic heterocycles. The van der Waals surface area contributed by atoms with E-state index in [0.29, 0.717) is 28.5 Å². The second-order valence-corrected chi connectivity index (χ2v) is 7.76. The van der Waals surface area contributed by atoms with Crippen molar-refractivity contribution in [1.82, 2.24) is 10.3 Å². The van der Waals surface area contributed by atoms with Crippen molar-refractivity contribution in [2.75, 3.05) is 14.2 Å². The molecule has 5 heteroatoms. The lowest BCUT2D eigenvalue weighted by molar-refractivity contribution is -0.0366. The molecule has 0 saturated heterocycles. The fraction of sp³-hybridized carbons (Fsp3) is 0.550. The maximum atomic E-state index is 12.7. The van der Waals surface area contributed by atoms with Crippen molar-refractivity contribution in [1.29, 1.82) is 0 Å². The minimum absolute atomic E-state index is 0.0562. The highest BCUT2D eigenvalue weighted by molar-refractivity contribution is 6.00. The number of hydrogen-bond donors (Lipinski definition) is 2. The van der Waals surface area contributed by atoms with E-state index in [-0.39, 0.29) is 11.9 Å². The highest BCUT2D eigenvalue weighted by Crippen LogP contribution is 2.59. The average Bonchev–Trinajstić information content (AvgIpc) is 2.95. The number of amides is 1. The molecule has 5 nitrogen and oxygen atoms in total. The van der Waals surface area contributed by atoms with Crippen LogP contribution in [0.25, 0.3) is 10.9 Å². The maximum absolute atomic E-state index is 12.7. The molecule has 1 aromatic carbocycles. The zero-order valence-corrected chi connectivity index (χ0v) is 15.1. The molecule has 2 saturated carbocycles. The predicted molar refractivity (Wildman–Crippen MR) is 97.3 cm³/mol. The van der Waals surface area contributed by atoms with E-state index < -0.39 is 0 Å². The molecular formula is C20H26N2O3. The summed E-state index contributed by atoms with van der Waals surface area (Å²) in [7, 11) is 3.24. The Bertz CT molecular complexity index is 799. The summed E-state index contributed by atoms with van der Waals surface area (Å²) in [5.41, 5.74) is 2.01. The van der Waals surface area contributed by atoms with Crippen molar-refractivity contribution in [3.8, 4) is 11.5 Å². The third kappa shape index (κ3) is 2.75. The van der Waals surface area contributed by atoms with Crippen LogP contribution in [0.3, 0.4) is 0 Å². The fourth-order valence-electron chi connectivity index (χ4n) is 4.48. The lowest BCUT2D eigenvalue weighted by Crippen LogP contribution is -2.51. The van der Waals surface area contributed by atoms with Gasteiger partial charge in [0.05, 0.1) is 19.7 Å². The van der Waals surface area contributed by atoms with Crippen LogP contribution in [0, 0.1) is 11.3 Å². The summed E-state index contributed by atoms with van der Waals surface area (Å²) in [6, 6.07) is 5.79. The van der Waals surface area contributed by atoms with Crippen molar-refractivity contribution < 1.29 is 14.3 Å².